The first-order valence-electron chi connectivity index (χ1n) is 7.00. The van der Waals surface area contributed by atoms with Gasteiger partial charge in [-0.15, -0.1) is 6.58 Å². The summed E-state index contributed by atoms with van der Waals surface area (Å²) in [6.07, 6.45) is 4.62. The third-order valence-electron chi connectivity index (χ3n) is 3.12. The predicted molar refractivity (Wildman–Crippen MR) is 85.9 cm³/mol. The zero-order valence-corrected chi connectivity index (χ0v) is 12.7. The molecule has 0 bridgehead atoms. The molecule has 22 heavy (non-hydrogen) atoms. The molecule has 0 aliphatic rings. The van der Waals surface area contributed by atoms with Crippen molar-refractivity contribution in [1.82, 2.24) is 0 Å². The Bertz CT molecular complexity index is 555. The average molecular weight is 306 g/mol. The molecule has 0 unspecified atom stereocenters. The van der Waals surface area contributed by atoms with Gasteiger partial charge in [0.25, 0.3) is 0 Å². The lowest BCUT2D eigenvalue weighted by Crippen LogP contribution is -2.19. The lowest BCUT2D eigenvalue weighted by molar-refractivity contribution is -0.138. The molecule has 1 atom stereocenters. The molecule has 1 rings (SSSR count). The van der Waals surface area contributed by atoms with Crippen LogP contribution in [-0.2, 0) is 11.2 Å². The van der Waals surface area contributed by atoms with Crippen molar-refractivity contribution in [2.75, 3.05) is 13.7 Å². The van der Waals surface area contributed by atoms with Gasteiger partial charge in [-0.3, -0.25) is 4.99 Å². The quantitative estimate of drug-likeness (QED) is 0.476. The highest BCUT2D eigenvalue weighted by molar-refractivity contribution is 5.87. The fourth-order valence-corrected chi connectivity index (χ4v) is 1.97. The SMILES string of the molecule is C=CCc1cc(C=N[C@@H](CCCN)C(=O)O)c(O)c(OC)c1. The normalized spacial score (nSPS) is 12.3. The van der Waals surface area contributed by atoms with Gasteiger partial charge >= 0.3 is 5.97 Å². The highest BCUT2D eigenvalue weighted by atomic mass is 16.5. The number of carboxylic acid groups (broad SMARTS) is 1. The number of ether oxygens (including phenoxy) is 1. The van der Waals surface area contributed by atoms with E-state index in [4.69, 9.17) is 15.6 Å². The molecule has 6 nitrogen and oxygen atoms in total. The van der Waals surface area contributed by atoms with Crippen LogP contribution < -0.4 is 10.5 Å². The van der Waals surface area contributed by atoms with E-state index in [9.17, 15) is 9.90 Å². The summed E-state index contributed by atoms with van der Waals surface area (Å²) in [4.78, 5) is 15.2. The molecular weight excluding hydrogens is 284 g/mol. The summed E-state index contributed by atoms with van der Waals surface area (Å²) in [5, 5.41) is 19.2. The lowest BCUT2D eigenvalue weighted by atomic mass is 10.1. The second-order valence-corrected chi connectivity index (χ2v) is 4.79. The number of aliphatic imine (C=N–C) groups is 1. The van der Waals surface area contributed by atoms with E-state index in [1.54, 1.807) is 18.2 Å². The van der Waals surface area contributed by atoms with Gasteiger partial charge in [-0.25, -0.2) is 4.79 Å². The van der Waals surface area contributed by atoms with Gasteiger partial charge in [-0.1, -0.05) is 6.08 Å². The van der Waals surface area contributed by atoms with E-state index < -0.39 is 12.0 Å². The van der Waals surface area contributed by atoms with Crippen molar-refractivity contribution in [1.29, 1.82) is 0 Å². The Morgan fingerprint density at radius 2 is 2.27 bits per heavy atom. The molecule has 0 fully saturated rings. The van der Waals surface area contributed by atoms with Gasteiger partial charge in [-0.2, -0.15) is 0 Å². The van der Waals surface area contributed by atoms with Gasteiger partial charge in [0.15, 0.2) is 11.5 Å². The highest BCUT2D eigenvalue weighted by Gasteiger charge is 2.15. The maximum atomic E-state index is 11.1. The van der Waals surface area contributed by atoms with Crippen LogP contribution in [-0.4, -0.2) is 42.1 Å². The summed E-state index contributed by atoms with van der Waals surface area (Å²) in [6, 6.07) is 2.56. The van der Waals surface area contributed by atoms with E-state index >= 15 is 0 Å². The molecule has 0 spiro atoms. The monoisotopic (exact) mass is 306 g/mol. The minimum atomic E-state index is -1.02. The number of benzene rings is 1. The molecular formula is C16H22N2O4. The highest BCUT2D eigenvalue weighted by Crippen LogP contribution is 2.30. The smallest absolute Gasteiger partial charge is 0.328 e. The number of phenolic OH excluding ortho intramolecular Hbond substituents is 1. The number of carbonyl (C=O) groups is 1. The maximum Gasteiger partial charge on any atom is 0.328 e. The number of allylic oxidation sites excluding steroid dienone is 1. The fourth-order valence-electron chi connectivity index (χ4n) is 1.97. The average Bonchev–Trinajstić information content (AvgIpc) is 2.49. The summed E-state index contributed by atoms with van der Waals surface area (Å²) in [7, 11) is 1.45. The first-order valence-corrected chi connectivity index (χ1v) is 7.00. The molecule has 0 amide bonds. The number of hydrogen-bond donors (Lipinski definition) is 3. The van der Waals surface area contributed by atoms with Crippen LogP contribution in [0.5, 0.6) is 11.5 Å². The standard InChI is InChI=1S/C16H22N2O4/c1-3-5-11-8-12(15(19)14(9-11)22-2)10-18-13(16(20)21)6-4-7-17/h3,8-10,13,19H,1,4-7,17H2,2H3,(H,20,21)/t13-/m0/s1. The first-order chi connectivity index (χ1) is 10.5. The number of carboxylic acids is 1. The van der Waals surface area contributed by atoms with Crippen molar-refractivity contribution in [2.24, 2.45) is 10.7 Å². The maximum absolute atomic E-state index is 11.1. The first kappa shape index (κ1) is 17.7. The largest absolute Gasteiger partial charge is 0.504 e. The number of phenols is 1. The second kappa shape index (κ2) is 8.84. The van der Waals surface area contributed by atoms with Crippen LogP contribution in [0.4, 0.5) is 0 Å². The Labute approximate surface area is 129 Å². The third kappa shape index (κ3) is 4.89. The Kier molecular flexibility index (Phi) is 7.12. The van der Waals surface area contributed by atoms with Crippen molar-refractivity contribution < 1.29 is 19.7 Å². The Hall–Kier alpha value is -2.34. The van der Waals surface area contributed by atoms with Crippen molar-refractivity contribution in [2.45, 2.75) is 25.3 Å². The van der Waals surface area contributed by atoms with E-state index in [0.29, 0.717) is 37.1 Å². The van der Waals surface area contributed by atoms with Crippen LogP contribution >= 0.6 is 0 Å². The number of hydrogen-bond acceptors (Lipinski definition) is 5. The van der Waals surface area contributed by atoms with Crippen LogP contribution in [0.15, 0.2) is 29.8 Å². The molecule has 120 valence electrons. The predicted octanol–water partition coefficient (Wildman–Crippen LogP) is 1.74. The summed E-state index contributed by atoms with van der Waals surface area (Å²) in [6.45, 7) is 4.08. The van der Waals surface area contributed by atoms with Crippen molar-refractivity contribution >= 4 is 12.2 Å². The van der Waals surface area contributed by atoms with Crippen LogP contribution in [0.25, 0.3) is 0 Å². The Morgan fingerprint density at radius 3 is 2.82 bits per heavy atom. The van der Waals surface area contributed by atoms with Gasteiger partial charge in [0.1, 0.15) is 6.04 Å². The van der Waals surface area contributed by atoms with E-state index in [-0.39, 0.29) is 5.75 Å². The van der Waals surface area contributed by atoms with Crippen LogP contribution in [0.3, 0.4) is 0 Å². The lowest BCUT2D eigenvalue weighted by Gasteiger charge is -2.10. The molecule has 0 saturated heterocycles. The van der Waals surface area contributed by atoms with Gasteiger partial charge in [0, 0.05) is 11.8 Å². The minimum Gasteiger partial charge on any atom is -0.504 e. The van der Waals surface area contributed by atoms with Crippen molar-refractivity contribution in [3.8, 4) is 11.5 Å². The summed E-state index contributed by atoms with van der Waals surface area (Å²) in [5.41, 5.74) is 6.69. The topological polar surface area (TPSA) is 105 Å². The fraction of sp³-hybridized carbons (Fsp3) is 0.375. The van der Waals surface area contributed by atoms with Gasteiger partial charge in [0.2, 0.25) is 0 Å². The number of methoxy groups -OCH3 is 1. The van der Waals surface area contributed by atoms with E-state index in [1.807, 2.05) is 0 Å². The third-order valence-corrected chi connectivity index (χ3v) is 3.12. The van der Waals surface area contributed by atoms with Gasteiger partial charge in [0.05, 0.1) is 7.11 Å². The van der Waals surface area contributed by atoms with Crippen LogP contribution in [0.1, 0.15) is 24.0 Å². The zero-order chi connectivity index (χ0) is 16.5. The van der Waals surface area contributed by atoms with Crippen LogP contribution in [0.2, 0.25) is 0 Å². The molecule has 0 radical (unpaired) electrons. The molecule has 4 N–H and O–H groups in total. The molecule has 1 aromatic rings. The summed E-state index contributed by atoms with van der Waals surface area (Å²) in [5.74, 6) is -0.768. The van der Waals surface area contributed by atoms with Gasteiger partial charge in [-0.05, 0) is 43.5 Å². The Balaban J connectivity index is 3.07. The van der Waals surface area contributed by atoms with Crippen molar-refractivity contribution in [3.05, 3.63) is 35.9 Å². The molecule has 0 aromatic heterocycles. The summed E-state index contributed by atoms with van der Waals surface area (Å²) < 4.78 is 5.11. The van der Waals surface area contributed by atoms with Crippen LogP contribution in [0, 0.1) is 0 Å². The van der Waals surface area contributed by atoms with E-state index in [2.05, 4.69) is 11.6 Å². The molecule has 6 heteroatoms. The number of nitrogens with two attached hydrogens (primary N) is 1. The molecule has 0 aliphatic carbocycles. The summed E-state index contributed by atoms with van der Waals surface area (Å²) >= 11 is 0. The number of rotatable bonds is 9. The molecule has 0 saturated carbocycles. The second-order valence-electron chi connectivity index (χ2n) is 4.79. The minimum absolute atomic E-state index is 0.0676. The number of nitrogens with zero attached hydrogens (tertiary/aromatic N) is 1. The number of aromatic hydroxyl groups is 1. The Morgan fingerprint density at radius 1 is 1.55 bits per heavy atom. The number of aliphatic carboxylic acids is 1. The molecule has 0 heterocycles. The molecule has 0 aliphatic heterocycles. The van der Waals surface area contributed by atoms with E-state index in [1.165, 1.54) is 13.3 Å². The van der Waals surface area contributed by atoms with Gasteiger partial charge < -0.3 is 20.7 Å². The van der Waals surface area contributed by atoms with E-state index in [0.717, 1.165) is 5.56 Å². The molecule has 1 aromatic carbocycles. The zero-order valence-electron chi connectivity index (χ0n) is 12.7. The van der Waals surface area contributed by atoms with Crippen molar-refractivity contribution in [3.63, 3.8) is 0 Å².